The molecule has 0 fully saturated rings. The molecule has 1 atom stereocenters. The topological polar surface area (TPSA) is 20.3 Å². The number of allylic oxidation sites excluding steroid dienone is 2. The minimum absolute atomic E-state index is 0.112. The Morgan fingerprint density at radius 2 is 2.11 bits per heavy atom. The van der Waals surface area contributed by atoms with E-state index in [1.807, 2.05) is 6.92 Å². The quantitative estimate of drug-likeness (QED) is 0.745. The summed E-state index contributed by atoms with van der Waals surface area (Å²) in [4.78, 5) is 13.9. The fourth-order valence-electron chi connectivity index (χ4n) is 2.32. The zero-order chi connectivity index (χ0) is 13.0. The molecule has 0 radical (unpaired) electrons. The van der Waals surface area contributed by atoms with Gasteiger partial charge in [-0.25, -0.2) is 4.39 Å². The predicted molar refractivity (Wildman–Crippen MR) is 70.9 cm³/mol. The van der Waals surface area contributed by atoms with Crippen LogP contribution in [0.25, 0.3) is 0 Å². The van der Waals surface area contributed by atoms with E-state index in [0.29, 0.717) is 18.9 Å². The van der Waals surface area contributed by atoms with E-state index in [0.717, 1.165) is 18.5 Å². The molecule has 1 aromatic rings. The third kappa shape index (κ3) is 2.97. The number of carbonyl (C=O) groups excluding carboxylic acids is 1. The van der Waals surface area contributed by atoms with Gasteiger partial charge in [0.15, 0.2) is 0 Å². The van der Waals surface area contributed by atoms with Crippen molar-refractivity contribution in [3.63, 3.8) is 0 Å². The first-order valence-electron chi connectivity index (χ1n) is 6.43. The Morgan fingerprint density at radius 3 is 2.67 bits per heavy atom. The number of hydrogen-bond acceptors (Lipinski definition) is 1. The Balaban J connectivity index is 2.05. The van der Waals surface area contributed by atoms with Gasteiger partial charge in [-0.2, -0.15) is 0 Å². The molecule has 3 heteroatoms. The van der Waals surface area contributed by atoms with Crippen LogP contribution >= 0.6 is 0 Å². The zero-order valence-corrected chi connectivity index (χ0v) is 10.6. The van der Waals surface area contributed by atoms with Gasteiger partial charge >= 0.3 is 0 Å². The summed E-state index contributed by atoms with van der Waals surface area (Å²) >= 11 is 0. The van der Waals surface area contributed by atoms with Crippen molar-refractivity contribution in [2.45, 2.75) is 26.2 Å². The maximum absolute atomic E-state index is 12.9. The highest BCUT2D eigenvalue weighted by Crippen LogP contribution is 2.23. The molecule has 1 aliphatic rings. The maximum atomic E-state index is 12.9. The van der Waals surface area contributed by atoms with Crippen LogP contribution in [0, 0.1) is 11.7 Å². The number of rotatable bonds is 4. The summed E-state index contributed by atoms with van der Waals surface area (Å²) in [5.74, 6) is 0.202. The second-order valence-corrected chi connectivity index (χ2v) is 4.58. The lowest BCUT2D eigenvalue weighted by Crippen LogP contribution is -2.31. The molecular formula is C15H18FNO. The monoisotopic (exact) mass is 247 g/mol. The minimum atomic E-state index is -0.277. The summed E-state index contributed by atoms with van der Waals surface area (Å²) in [7, 11) is 0. The molecular weight excluding hydrogens is 229 g/mol. The van der Waals surface area contributed by atoms with Crippen LogP contribution in [0.4, 0.5) is 10.1 Å². The van der Waals surface area contributed by atoms with E-state index in [9.17, 15) is 9.18 Å². The summed E-state index contributed by atoms with van der Waals surface area (Å²) in [5.41, 5.74) is 0.769. The minimum Gasteiger partial charge on any atom is -0.313 e. The number of nitrogens with zero attached hydrogens (tertiary/aromatic N) is 1. The van der Waals surface area contributed by atoms with Gasteiger partial charge in [-0.05, 0) is 49.9 Å². The molecule has 1 amide bonds. The average Bonchev–Trinajstić information content (AvgIpc) is 2.85. The Morgan fingerprint density at radius 1 is 1.39 bits per heavy atom. The molecule has 0 N–H and O–H groups in total. The normalized spacial score (nSPS) is 18.0. The molecule has 96 valence electrons. The van der Waals surface area contributed by atoms with Gasteiger partial charge in [-0.1, -0.05) is 12.2 Å². The van der Waals surface area contributed by atoms with E-state index in [2.05, 4.69) is 12.2 Å². The van der Waals surface area contributed by atoms with E-state index in [1.54, 1.807) is 17.0 Å². The first-order valence-corrected chi connectivity index (χ1v) is 6.43. The number of anilines is 1. The molecule has 1 unspecified atom stereocenters. The Kier molecular flexibility index (Phi) is 4.13. The molecule has 0 aromatic heterocycles. The summed E-state index contributed by atoms with van der Waals surface area (Å²) in [6.07, 6.45) is 6.93. The van der Waals surface area contributed by atoms with Gasteiger partial charge in [0.25, 0.3) is 0 Å². The maximum Gasteiger partial charge on any atom is 0.227 e. The summed E-state index contributed by atoms with van der Waals surface area (Å²) in [6.45, 7) is 2.55. The molecule has 0 saturated heterocycles. The average molecular weight is 247 g/mol. The van der Waals surface area contributed by atoms with Gasteiger partial charge in [0.05, 0.1) is 0 Å². The van der Waals surface area contributed by atoms with E-state index >= 15 is 0 Å². The predicted octanol–water partition coefficient (Wildman–Crippen LogP) is 3.53. The van der Waals surface area contributed by atoms with Crippen LogP contribution in [0.2, 0.25) is 0 Å². The van der Waals surface area contributed by atoms with Gasteiger partial charge in [-0.3, -0.25) is 4.79 Å². The van der Waals surface area contributed by atoms with Gasteiger partial charge in [0, 0.05) is 18.7 Å². The van der Waals surface area contributed by atoms with Crippen molar-refractivity contribution in [2.24, 2.45) is 5.92 Å². The standard InChI is InChI=1S/C15H18FNO/c1-2-17(14-9-7-13(16)8-10-14)15(18)11-12-5-3-4-6-12/h3,5,7-10,12H,2,4,6,11H2,1H3. The van der Waals surface area contributed by atoms with Gasteiger partial charge in [-0.15, -0.1) is 0 Å². The fourth-order valence-corrected chi connectivity index (χ4v) is 2.32. The SMILES string of the molecule is CCN(C(=O)CC1C=CCC1)c1ccc(F)cc1. The molecule has 18 heavy (non-hydrogen) atoms. The van der Waals surface area contributed by atoms with Crippen LogP contribution in [-0.2, 0) is 4.79 Å². The Hall–Kier alpha value is -1.64. The molecule has 1 aromatic carbocycles. The van der Waals surface area contributed by atoms with Crippen molar-refractivity contribution < 1.29 is 9.18 Å². The molecule has 0 aliphatic heterocycles. The highest BCUT2D eigenvalue weighted by molar-refractivity contribution is 5.93. The lowest BCUT2D eigenvalue weighted by atomic mass is 10.0. The van der Waals surface area contributed by atoms with E-state index < -0.39 is 0 Å². The van der Waals surface area contributed by atoms with Crippen molar-refractivity contribution in [2.75, 3.05) is 11.4 Å². The van der Waals surface area contributed by atoms with Crippen LogP contribution in [0.1, 0.15) is 26.2 Å². The van der Waals surface area contributed by atoms with Gasteiger partial charge in [0.2, 0.25) is 5.91 Å². The van der Waals surface area contributed by atoms with Crippen LogP contribution in [-0.4, -0.2) is 12.5 Å². The Labute approximate surface area is 107 Å². The molecule has 2 nitrogen and oxygen atoms in total. The number of hydrogen-bond donors (Lipinski definition) is 0. The van der Waals surface area contributed by atoms with Crippen molar-refractivity contribution >= 4 is 11.6 Å². The van der Waals surface area contributed by atoms with Gasteiger partial charge < -0.3 is 4.90 Å². The molecule has 1 aliphatic carbocycles. The first-order chi connectivity index (χ1) is 8.70. The number of carbonyl (C=O) groups is 1. The smallest absolute Gasteiger partial charge is 0.227 e. The summed E-state index contributed by atoms with van der Waals surface area (Å²) in [5, 5.41) is 0. The lowest BCUT2D eigenvalue weighted by Gasteiger charge is -2.22. The third-order valence-corrected chi connectivity index (χ3v) is 3.30. The fraction of sp³-hybridized carbons (Fsp3) is 0.400. The number of benzene rings is 1. The molecule has 2 rings (SSSR count). The van der Waals surface area contributed by atoms with E-state index in [4.69, 9.17) is 0 Å². The first kappa shape index (κ1) is 12.8. The number of halogens is 1. The van der Waals surface area contributed by atoms with E-state index in [-0.39, 0.29) is 11.7 Å². The summed E-state index contributed by atoms with van der Waals surface area (Å²) in [6, 6.07) is 6.09. The zero-order valence-electron chi connectivity index (χ0n) is 10.6. The second kappa shape index (κ2) is 5.80. The largest absolute Gasteiger partial charge is 0.313 e. The third-order valence-electron chi connectivity index (χ3n) is 3.30. The number of amides is 1. The van der Waals surface area contributed by atoms with Crippen LogP contribution in [0.5, 0.6) is 0 Å². The Bertz CT molecular complexity index is 438. The van der Waals surface area contributed by atoms with Crippen molar-refractivity contribution in [1.82, 2.24) is 0 Å². The summed E-state index contributed by atoms with van der Waals surface area (Å²) < 4.78 is 12.9. The second-order valence-electron chi connectivity index (χ2n) is 4.58. The van der Waals surface area contributed by atoms with E-state index in [1.165, 1.54) is 12.1 Å². The van der Waals surface area contributed by atoms with Crippen molar-refractivity contribution in [3.8, 4) is 0 Å². The molecule has 0 bridgehead atoms. The van der Waals surface area contributed by atoms with Crippen molar-refractivity contribution in [1.29, 1.82) is 0 Å². The lowest BCUT2D eigenvalue weighted by molar-refractivity contribution is -0.119. The van der Waals surface area contributed by atoms with Crippen LogP contribution in [0.3, 0.4) is 0 Å². The van der Waals surface area contributed by atoms with Gasteiger partial charge in [0.1, 0.15) is 5.82 Å². The highest BCUT2D eigenvalue weighted by Gasteiger charge is 2.19. The molecule has 0 heterocycles. The van der Waals surface area contributed by atoms with Crippen molar-refractivity contribution in [3.05, 3.63) is 42.2 Å². The van der Waals surface area contributed by atoms with Crippen LogP contribution < -0.4 is 4.90 Å². The van der Waals surface area contributed by atoms with Crippen LogP contribution in [0.15, 0.2) is 36.4 Å². The molecule has 0 saturated carbocycles. The molecule has 0 spiro atoms. The highest BCUT2D eigenvalue weighted by atomic mass is 19.1.